The Bertz CT molecular complexity index is 1760. The number of rotatable bonds is 10. The summed E-state index contributed by atoms with van der Waals surface area (Å²) in [6.07, 6.45) is -7.03. The monoisotopic (exact) mass is 682 g/mol. The minimum atomic E-state index is -4.43. The lowest BCUT2D eigenvalue weighted by Crippen LogP contribution is -2.20. The summed E-state index contributed by atoms with van der Waals surface area (Å²) < 4.78 is 89.1. The fourth-order valence-corrected chi connectivity index (χ4v) is 4.90. The molecule has 0 fully saturated rings. The maximum absolute atomic E-state index is 13.0. The molecule has 0 bridgehead atoms. The number of carboxylic acids is 1. The molecule has 1 N–H and O–H groups in total. The van der Waals surface area contributed by atoms with Crippen LogP contribution in [0.5, 0.6) is 11.5 Å². The van der Waals surface area contributed by atoms with Crippen molar-refractivity contribution in [3.05, 3.63) is 150 Å². The predicted molar refractivity (Wildman–Crippen MR) is 171 cm³/mol. The number of aliphatic carboxylic acids is 1. The van der Waals surface area contributed by atoms with E-state index in [1.807, 2.05) is 30.3 Å². The summed E-state index contributed by atoms with van der Waals surface area (Å²) >= 11 is 5.62. The molecule has 0 aliphatic heterocycles. The van der Waals surface area contributed by atoms with Crippen LogP contribution in [0.3, 0.4) is 0 Å². The van der Waals surface area contributed by atoms with E-state index in [0.717, 1.165) is 41.0 Å². The summed E-state index contributed by atoms with van der Waals surface area (Å²) in [4.78, 5) is 10.9. The van der Waals surface area contributed by atoms with Gasteiger partial charge in [-0.1, -0.05) is 84.4 Å². The van der Waals surface area contributed by atoms with Gasteiger partial charge in [-0.2, -0.15) is 26.3 Å². The van der Waals surface area contributed by atoms with Crippen molar-refractivity contribution in [1.29, 1.82) is 0 Å². The van der Waals surface area contributed by atoms with Gasteiger partial charge in [0.15, 0.2) is 0 Å². The number of halogens is 7. The van der Waals surface area contributed by atoms with Gasteiger partial charge in [-0.25, -0.2) is 4.79 Å². The third-order valence-electron chi connectivity index (χ3n) is 7.28. The van der Waals surface area contributed by atoms with Crippen molar-refractivity contribution in [2.45, 2.75) is 17.9 Å². The minimum Gasteiger partial charge on any atom is -0.490 e. The van der Waals surface area contributed by atoms with Crippen LogP contribution >= 0.6 is 11.6 Å². The van der Waals surface area contributed by atoms with Crippen LogP contribution in [0.4, 0.5) is 26.3 Å². The zero-order valence-electron chi connectivity index (χ0n) is 24.7. The molecule has 5 aromatic carbocycles. The van der Waals surface area contributed by atoms with Crippen LogP contribution in [0.1, 0.15) is 22.3 Å². The Kier molecular flexibility index (Phi) is 10.1. The van der Waals surface area contributed by atoms with E-state index < -0.39 is 35.0 Å². The molecule has 0 heterocycles. The molecule has 48 heavy (non-hydrogen) atoms. The van der Waals surface area contributed by atoms with Crippen LogP contribution in [0, 0.1) is 0 Å². The Balaban J connectivity index is 1.39. The summed E-state index contributed by atoms with van der Waals surface area (Å²) in [6.45, 7) is 0.115. The molecule has 0 amide bonds. The van der Waals surface area contributed by atoms with Crippen molar-refractivity contribution in [1.82, 2.24) is 0 Å². The molecule has 5 aromatic rings. The first kappa shape index (κ1) is 34.1. The molecular formula is C37H25ClF6O4. The topological polar surface area (TPSA) is 55.8 Å². The van der Waals surface area contributed by atoms with Gasteiger partial charge in [0, 0.05) is 0 Å². The second kappa shape index (κ2) is 14.3. The number of benzene rings is 5. The third kappa shape index (κ3) is 8.57. The van der Waals surface area contributed by atoms with Crippen molar-refractivity contribution < 1.29 is 45.7 Å². The molecule has 0 aromatic heterocycles. The third-order valence-corrected chi connectivity index (χ3v) is 7.55. The lowest BCUT2D eigenvalue weighted by molar-refractivity contribution is -0.141. The van der Waals surface area contributed by atoms with Crippen molar-refractivity contribution in [2.24, 2.45) is 0 Å². The fourth-order valence-electron chi connectivity index (χ4n) is 4.80. The smallest absolute Gasteiger partial charge is 0.416 e. The average Bonchev–Trinajstić information content (AvgIpc) is 3.07. The highest BCUT2D eigenvalue weighted by atomic mass is 35.5. The normalized spacial score (nSPS) is 12.2. The van der Waals surface area contributed by atoms with Gasteiger partial charge in [-0.15, -0.1) is 0 Å². The summed E-state index contributed by atoms with van der Waals surface area (Å²) in [6, 6.07) is 30.5. The minimum absolute atomic E-state index is 0.115. The zero-order valence-corrected chi connectivity index (χ0v) is 25.5. The Labute approximate surface area is 276 Å². The maximum Gasteiger partial charge on any atom is 0.416 e. The standard InChI is InChI=1S/C37H25ClF6O4/c38-34(35(45)46)48-32-19-17-31(18-20-32)47-22-21-33(27-5-1-23(2-6-27)25-9-13-29(14-10-25)36(39,40)41)28-7-3-24(4-8-28)26-11-15-30(16-12-26)37(42,43)44/h1-21,34H,22H2,(H,45,46). The summed E-state index contributed by atoms with van der Waals surface area (Å²) in [5, 5.41) is 8.91. The molecule has 0 saturated carbocycles. The molecule has 4 nitrogen and oxygen atoms in total. The van der Waals surface area contributed by atoms with E-state index in [2.05, 4.69) is 0 Å². The van der Waals surface area contributed by atoms with Crippen LogP contribution in [0.2, 0.25) is 0 Å². The lowest BCUT2D eigenvalue weighted by Gasteiger charge is -2.13. The van der Waals surface area contributed by atoms with E-state index in [1.165, 1.54) is 36.4 Å². The van der Waals surface area contributed by atoms with Crippen molar-refractivity contribution in [3.63, 3.8) is 0 Å². The Morgan fingerprint density at radius 2 is 0.958 bits per heavy atom. The molecule has 1 atom stereocenters. The van der Waals surface area contributed by atoms with Crippen LogP contribution in [-0.4, -0.2) is 23.2 Å². The first-order valence-corrected chi connectivity index (χ1v) is 14.7. The van der Waals surface area contributed by atoms with Gasteiger partial charge in [0.2, 0.25) is 0 Å². The number of carboxylic acid groups (broad SMARTS) is 1. The highest BCUT2D eigenvalue weighted by Crippen LogP contribution is 2.34. The van der Waals surface area contributed by atoms with E-state index in [-0.39, 0.29) is 12.4 Å². The van der Waals surface area contributed by atoms with E-state index >= 15 is 0 Å². The Morgan fingerprint density at radius 1 is 0.604 bits per heavy atom. The molecule has 0 radical (unpaired) electrons. The molecule has 0 saturated heterocycles. The van der Waals surface area contributed by atoms with E-state index in [9.17, 15) is 31.1 Å². The van der Waals surface area contributed by atoms with Gasteiger partial charge >= 0.3 is 18.3 Å². The highest BCUT2D eigenvalue weighted by Gasteiger charge is 2.30. The number of hydrogen-bond acceptors (Lipinski definition) is 3. The average molecular weight is 683 g/mol. The second-order valence-electron chi connectivity index (χ2n) is 10.5. The SMILES string of the molecule is O=C(O)C(Cl)Oc1ccc(OCC=C(c2ccc(-c3ccc(C(F)(F)F)cc3)cc2)c2ccc(-c3ccc(C(F)(F)F)cc3)cc2)cc1. The molecule has 11 heteroatoms. The Morgan fingerprint density at radius 3 is 1.31 bits per heavy atom. The van der Waals surface area contributed by atoms with Crippen LogP contribution in [0.15, 0.2) is 127 Å². The molecule has 1 unspecified atom stereocenters. The van der Waals surface area contributed by atoms with E-state index in [4.69, 9.17) is 26.2 Å². The molecular weight excluding hydrogens is 658 g/mol. The molecule has 0 spiro atoms. The number of hydrogen-bond donors (Lipinski definition) is 1. The maximum atomic E-state index is 13.0. The summed E-state index contributed by atoms with van der Waals surface area (Å²) in [7, 11) is 0. The number of ether oxygens (including phenoxy) is 2. The van der Waals surface area contributed by atoms with Crippen molar-refractivity contribution >= 4 is 23.1 Å². The van der Waals surface area contributed by atoms with E-state index in [1.54, 1.807) is 36.4 Å². The molecule has 0 aliphatic rings. The largest absolute Gasteiger partial charge is 0.490 e. The number of carbonyl (C=O) groups is 1. The van der Waals surface area contributed by atoms with Crippen molar-refractivity contribution in [3.8, 4) is 33.8 Å². The first-order valence-electron chi connectivity index (χ1n) is 14.3. The van der Waals surface area contributed by atoms with Crippen LogP contribution in [-0.2, 0) is 17.1 Å². The second-order valence-corrected chi connectivity index (χ2v) is 10.9. The lowest BCUT2D eigenvalue weighted by atomic mass is 9.93. The van der Waals surface area contributed by atoms with Gasteiger partial charge in [0.05, 0.1) is 11.1 Å². The van der Waals surface area contributed by atoms with E-state index in [0.29, 0.717) is 28.0 Å². The Hall–Kier alpha value is -5.22. The zero-order chi connectivity index (χ0) is 34.5. The van der Waals surface area contributed by atoms with Gasteiger partial charge in [0.1, 0.15) is 18.1 Å². The van der Waals surface area contributed by atoms with Gasteiger partial charge in [-0.3, -0.25) is 0 Å². The summed E-state index contributed by atoms with van der Waals surface area (Å²) in [5.74, 6) is -0.619. The highest BCUT2D eigenvalue weighted by molar-refractivity contribution is 6.28. The van der Waals surface area contributed by atoms with Crippen LogP contribution in [0.25, 0.3) is 27.8 Å². The van der Waals surface area contributed by atoms with Gasteiger partial charge in [0.25, 0.3) is 5.56 Å². The summed E-state index contributed by atoms with van der Waals surface area (Å²) in [5.41, 5.74) is 1.95. The fraction of sp³-hybridized carbons (Fsp3) is 0.108. The quantitative estimate of drug-likeness (QED) is 0.118. The van der Waals surface area contributed by atoms with Gasteiger partial charge < -0.3 is 14.6 Å². The first-order chi connectivity index (χ1) is 22.8. The van der Waals surface area contributed by atoms with Crippen molar-refractivity contribution in [2.75, 3.05) is 6.61 Å². The number of alkyl halides is 7. The van der Waals surface area contributed by atoms with Crippen LogP contribution < -0.4 is 9.47 Å². The van der Waals surface area contributed by atoms with Gasteiger partial charge in [-0.05, 0) is 93.6 Å². The molecule has 5 rings (SSSR count). The predicted octanol–water partition coefficient (Wildman–Crippen LogP) is 10.6. The molecule has 0 aliphatic carbocycles. The molecule has 246 valence electrons.